The highest BCUT2D eigenvalue weighted by Crippen LogP contribution is 2.29. The molecule has 3 rings (SSSR count). The maximum atomic E-state index is 12.5. The maximum absolute atomic E-state index is 12.5. The first-order valence-electron chi connectivity index (χ1n) is 7.16. The van der Waals surface area contributed by atoms with E-state index in [4.69, 9.17) is 16.3 Å². The van der Waals surface area contributed by atoms with Crippen molar-refractivity contribution < 1.29 is 9.53 Å². The summed E-state index contributed by atoms with van der Waals surface area (Å²) in [5.74, 6) is 0.315. The summed E-state index contributed by atoms with van der Waals surface area (Å²) in [7, 11) is 0. The Morgan fingerprint density at radius 3 is 2.83 bits per heavy atom. The molecule has 0 radical (unpaired) electrons. The van der Waals surface area contributed by atoms with Gasteiger partial charge in [0.15, 0.2) is 5.13 Å². The van der Waals surface area contributed by atoms with Crippen LogP contribution in [0.4, 0.5) is 5.13 Å². The van der Waals surface area contributed by atoms with Crippen LogP contribution in [0.1, 0.15) is 24.2 Å². The zero-order valence-electron chi connectivity index (χ0n) is 12.7. The maximum Gasteiger partial charge on any atom is 0.261 e. The van der Waals surface area contributed by atoms with Crippen LogP contribution in [0, 0.1) is 0 Å². The van der Waals surface area contributed by atoms with Gasteiger partial charge in [0.05, 0.1) is 21.9 Å². The van der Waals surface area contributed by atoms with E-state index in [1.54, 1.807) is 24.3 Å². The lowest BCUT2D eigenvalue weighted by Gasteiger charge is -2.13. The summed E-state index contributed by atoms with van der Waals surface area (Å²) in [6.45, 7) is 3.85. The molecule has 1 aromatic heterocycles. The number of nitrogens with zero attached hydrogens (tertiary/aromatic N) is 1. The van der Waals surface area contributed by atoms with E-state index in [1.165, 1.54) is 11.3 Å². The molecule has 1 heterocycles. The van der Waals surface area contributed by atoms with Crippen molar-refractivity contribution in [2.75, 3.05) is 5.32 Å². The Bertz CT molecular complexity index is 861. The number of aromatic nitrogens is 1. The van der Waals surface area contributed by atoms with Gasteiger partial charge in [-0.1, -0.05) is 35.1 Å². The zero-order valence-corrected chi connectivity index (χ0v) is 14.2. The molecule has 0 saturated carbocycles. The Labute approximate surface area is 143 Å². The van der Waals surface area contributed by atoms with E-state index < -0.39 is 0 Å². The monoisotopic (exact) mass is 346 g/mol. The van der Waals surface area contributed by atoms with Crippen molar-refractivity contribution in [2.24, 2.45) is 0 Å². The average Bonchev–Trinajstić information content (AvgIpc) is 2.88. The number of anilines is 1. The zero-order chi connectivity index (χ0) is 16.4. The standard InChI is InChI=1S/C17H15ClN2O2S/c1-10(2)22-14-6-4-3-5-12(14)16(21)20-17-19-13-8-7-11(18)9-15(13)23-17/h3-10H,1-2H3,(H,19,20,21). The highest BCUT2D eigenvalue weighted by atomic mass is 35.5. The molecule has 0 fully saturated rings. The van der Waals surface area contributed by atoms with E-state index in [1.807, 2.05) is 32.0 Å². The molecule has 0 spiro atoms. The summed E-state index contributed by atoms with van der Waals surface area (Å²) in [6.07, 6.45) is -0.00598. The fraction of sp³-hybridized carbons (Fsp3) is 0.176. The molecule has 6 heteroatoms. The summed E-state index contributed by atoms with van der Waals surface area (Å²) in [5.41, 5.74) is 1.29. The number of amides is 1. The Morgan fingerprint density at radius 1 is 1.26 bits per heavy atom. The second-order valence-electron chi connectivity index (χ2n) is 5.25. The van der Waals surface area contributed by atoms with Crippen molar-refractivity contribution in [2.45, 2.75) is 20.0 Å². The normalized spacial score (nSPS) is 11.0. The summed E-state index contributed by atoms with van der Waals surface area (Å²) >= 11 is 7.36. The Kier molecular flexibility index (Phi) is 4.50. The molecule has 0 aliphatic carbocycles. The Morgan fingerprint density at radius 2 is 2.04 bits per heavy atom. The molecule has 118 valence electrons. The van der Waals surface area contributed by atoms with E-state index in [-0.39, 0.29) is 12.0 Å². The number of rotatable bonds is 4. The minimum atomic E-state index is -0.244. The fourth-order valence-electron chi connectivity index (χ4n) is 2.13. The first-order chi connectivity index (χ1) is 11.0. The molecule has 0 aliphatic rings. The van der Waals surface area contributed by atoms with Crippen molar-refractivity contribution in [3.8, 4) is 5.75 Å². The third-order valence-corrected chi connectivity index (χ3v) is 4.23. The second-order valence-corrected chi connectivity index (χ2v) is 6.72. The van der Waals surface area contributed by atoms with Gasteiger partial charge in [-0.25, -0.2) is 4.98 Å². The molecular formula is C17H15ClN2O2S. The largest absolute Gasteiger partial charge is 0.490 e. The van der Waals surface area contributed by atoms with Gasteiger partial charge in [0.25, 0.3) is 5.91 Å². The Balaban J connectivity index is 1.86. The number of carbonyl (C=O) groups excluding carboxylic acids is 1. The predicted octanol–water partition coefficient (Wildman–Crippen LogP) is 4.99. The first kappa shape index (κ1) is 15.8. The number of carbonyl (C=O) groups is 1. The summed E-state index contributed by atoms with van der Waals surface area (Å²) in [6, 6.07) is 12.6. The quantitative estimate of drug-likeness (QED) is 0.724. The molecule has 4 nitrogen and oxygen atoms in total. The minimum Gasteiger partial charge on any atom is -0.490 e. The number of para-hydroxylation sites is 1. The molecule has 1 amide bonds. The second kappa shape index (κ2) is 6.56. The first-order valence-corrected chi connectivity index (χ1v) is 8.35. The van der Waals surface area contributed by atoms with Crippen LogP contribution in [-0.2, 0) is 0 Å². The lowest BCUT2D eigenvalue weighted by molar-refractivity contribution is 0.102. The number of ether oxygens (including phenoxy) is 1. The summed E-state index contributed by atoms with van der Waals surface area (Å²) in [5, 5.41) is 4.01. The molecule has 2 aromatic carbocycles. The number of hydrogen-bond acceptors (Lipinski definition) is 4. The fourth-order valence-corrected chi connectivity index (χ4v) is 3.26. The molecule has 0 bridgehead atoms. The van der Waals surface area contributed by atoms with Crippen LogP contribution < -0.4 is 10.1 Å². The summed E-state index contributed by atoms with van der Waals surface area (Å²) < 4.78 is 6.61. The van der Waals surface area contributed by atoms with Crippen LogP contribution in [0.25, 0.3) is 10.2 Å². The van der Waals surface area contributed by atoms with Crippen LogP contribution >= 0.6 is 22.9 Å². The lowest BCUT2D eigenvalue weighted by Crippen LogP contribution is -2.15. The molecule has 23 heavy (non-hydrogen) atoms. The van der Waals surface area contributed by atoms with E-state index in [0.29, 0.717) is 21.5 Å². The lowest BCUT2D eigenvalue weighted by atomic mass is 10.2. The number of halogens is 1. The van der Waals surface area contributed by atoms with Gasteiger partial charge in [-0.05, 0) is 44.2 Å². The molecule has 1 N–H and O–H groups in total. The molecule has 0 aliphatic heterocycles. The van der Waals surface area contributed by atoms with Crippen molar-refractivity contribution in [1.82, 2.24) is 4.98 Å². The number of nitrogens with one attached hydrogen (secondary N) is 1. The number of fused-ring (bicyclic) bond motifs is 1. The molecule has 3 aromatic rings. The van der Waals surface area contributed by atoms with Gasteiger partial charge in [0.1, 0.15) is 5.75 Å². The Hall–Kier alpha value is -2.11. The van der Waals surface area contributed by atoms with Gasteiger partial charge < -0.3 is 4.74 Å². The van der Waals surface area contributed by atoms with E-state index in [0.717, 1.165) is 10.2 Å². The topological polar surface area (TPSA) is 51.2 Å². The molecule has 0 saturated heterocycles. The highest BCUT2D eigenvalue weighted by molar-refractivity contribution is 7.22. The van der Waals surface area contributed by atoms with Crippen LogP contribution in [0.5, 0.6) is 5.75 Å². The van der Waals surface area contributed by atoms with E-state index in [2.05, 4.69) is 10.3 Å². The third kappa shape index (κ3) is 3.63. The third-order valence-electron chi connectivity index (χ3n) is 3.07. The van der Waals surface area contributed by atoms with Crippen LogP contribution in [-0.4, -0.2) is 17.0 Å². The van der Waals surface area contributed by atoms with Crippen molar-refractivity contribution >= 4 is 44.2 Å². The molecular weight excluding hydrogens is 332 g/mol. The van der Waals surface area contributed by atoms with E-state index >= 15 is 0 Å². The number of benzene rings is 2. The molecule has 0 atom stereocenters. The van der Waals surface area contributed by atoms with Crippen LogP contribution in [0.15, 0.2) is 42.5 Å². The SMILES string of the molecule is CC(C)Oc1ccccc1C(=O)Nc1nc2ccc(Cl)cc2s1. The van der Waals surface area contributed by atoms with Gasteiger partial charge in [0.2, 0.25) is 0 Å². The van der Waals surface area contributed by atoms with Crippen LogP contribution in [0.2, 0.25) is 5.02 Å². The van der Waals surface area contributed by atoms with Gasteiger partial charge in [0, 0.05) is 5.02 Å². The smallest absolute Gasteiger partial charge is 0.261 e. The van der Waals surface area contributed by atoms with Gasteiger partial charge in [-0.3, -0.25) is 10.1 Å². The average molecular weight is 347 g/mol. The number of thiazole rings is 1. The van der Waals surface area contributed by atoms with Crippen LogP contribution in [0.3, 0.4) is 0 Å². The van der Waals surface area contributed by atoms with Gasteiger partial charge in [-0.15, -0.1) is 0 Å². The van der Waals surface area contributed by atoms with Crippen molar-refractivity contribution in [3.63, 3.8) is 0 Å². The highest BCUT2D eigenvalue weighted by Gasteiger charge is 2.15. The predicted molar refractivity (Wildman–Crippen MR) is 94.8 cm³/mol. The van der Waals surface area contributed by atoms with E-state index in [9.17, 15) is 4.79 Å². The van der Waals surface area contributed by atoms with Gasteiger partial charge >= 0.3 is 0 Å². The number of hydrogen-bond donors (Lipinski definition) is 1. The van der Waals surface area contributed by atoms with Gasteiger partial charge in [-0.2, -0.15) is 0 Å². The minimum absolute atomic E-state index is 0.00598. The summed E-state index contributed by atoms with van der Waals surface area (Å²) in [4.78, 5) is 16.9. The van der Waals surface area contributed by atoms with Crippen molar-refractivity contribution in [1.29, 1.82) is 0 Å². The molecule has 0 unspecified atom stereocenters. The van der Waals surface area contributed by atoms with Crippen molar-refractivity contribution in [3.05, 3.63) is 53.1 Å².